The zero-order valence-corrected chi connectivity index (χ0v) is 9.18. The predicted octanol–water partition coefficient (Wildman–Crippen LogP) is 2.54. The summed E-state index contributed by atoms with van der Waals surface area (Å²) in [4.78, 5) is 0. The number of halogens is 1. The summed E-state index contributed by atoms with van der Waals surface area (Å²) in [6.45, 7) is 0. The molecule has 0 aromatic carbocycles. The van der Waals surface area contributed by atoms with E-state index in [1.807, 2.05) is 0 Å². The molecule has 0 fully saturated rings. The van der Waals surface area contributed by atoms with E-state index in [9.17, 15) is 0 Å². The molecule has 1 nitrogen and oxygen atoms in total. The van der Waals surface area contributed by atoms with E-state index in [0.29, 0.717) is 5.25 Å². The minimum Gasteiger partial charge on any atom is -0.230 e. The van der Waals surface area contributed by atoms with Crippen molar-refractivity contribution in [1.82, 2.24) is 0 Å². The summed E-state index contributed by atoms with van der Waals surface area (Å²) in [5.41, 5.74) is 2.93. The molecule has 0 bridgehead atoms. The lowest BCUT2D eigenvalue weighted by Crippen LogP contribution is -2.14. The second-order valence-corrected chi connectivity index (χ2v) is 5.18. The van der Waals surface area contributed by atoms with Crippen molar-refractivity contribution >= 4 is 43.9 Å². The van der Waals surface area contributed by atoms with Crippen LogP contribution in [0.1, 0.15) is 19.3 Å². The molecule has 0 aromatic heterocycles. The molecule has 1 atom stereocenters. The highest BCUT2D eigenvalue weighted by Gasteiger charge is 2.18. The van der Waals surface area contributed by atoms with Gasteiger partial charge in [0.2, 0.25) is 0 Å². The average Bonchev–Trinajstić information content (AvgIpc) is 2.06. The Hall–Kier alpha value is 0.360. The Labute approximate surface area is 82.5 Å². The van der Waals surface area contributed by atoms with Crippen molar-refractivity contribution in [3.05, 3.63) is 11.1 Å². The summed E-state index contributed by atoms with van der Waals surface area (Å²) in [5, 5.41) is 0.505. The van der Waals surface area contributed by atoms with Crippen LogP contribution >= 0.6 is 33.6 Å². The Bertz CT molecular complexity index is 255. The summed E-state index contributed by atoms with van der Waals surface area (Å²) in [6.07, 6.45) is 5.82. The van der Waals surface area contributed by atoms with Crippen molar-refractivity contribution in [2.45, 2.75) is 24.5 Å². The smallest absolute Gasteiger partial charge is 0.0365 e. The average molecular weight is 279 g/mol. The van der Waals surface area contributed by atoms with Crippen LogP contribution in [0.5, 0.6) is 0 Å². The topological polar surface area (TPSA) is 12.4 Å². The van der Waals surface area contributed by atoms with Gasteiger partial charge in [-0.15, -0.1) is 0 Å². The first-order valence-electron chi connectivity index (χ1n) is 3.78. The third-order valence-corrected chi connectivity index (χ3v) is 4.17. The molecule has 0 saturated heterocycles. The van der Waals surface area contributed by atoms with Gasteiger partial charge >= 0.3 is 0 Å². The zero-order valence-electron chi connectivity index (χ0n) is 6.13. The van der Waals surface area contributed by atoms with Crippen molar-refractivity contribution in [3.8, 4) is 0 Å². The predicted molar refractivity (Wildman–Crippen MR) is 62.2 cm³/mol. The van der Waals surface area contributed by atoms with Gasteiger partial charge in [0.25, 0.3) is 0 Å². The molecule has 1 unspecified atom stereocenters. The van der Waals surface area contributed by atoms with Gasteiger partial charge in [0, 0.05) is 32.5 Å². The van der Waals surface area contributed by atoms with Crippen LogP contribution in [-0.2, 0) is 0 Å². The van der Waals surface area contributed by atoms with Crippen LogP contribution < -0.4 is 0 Å². The summed E-state index contributed by atoms with van der Waals surface area (Å²) in [5.74, 6) is 0. The minimum atomic E-state index is -0.0208. The van der Waals surface area contributed by atoms with Gasteiger partial charge in [-0.2, -0.15) is 12.6 Å². The third kappa shape index (κ3) is 1.59. The molecule has 0 spiro atoms. The number of hydrogen-bond acceptors (Lipinski definition) is 2. The first-order valence-corrected chi connectivity index (χ1v) is 6.51. The largest absolute Gasteiger partial charge is 0.230 e. The van der Waals surface area contributed by atoms with Crippen LogP contribution in [0.15, 0.2) is 14.4 Å². The molecular weight excluding hydrogens is 269 g/mol. The van der Waals surface area contributed by atoms with E-state index in [1.54, 1.807) is 0 Å². The molecule has 0 N–H and O–H groups in total. The Kier molecular flexibility index (Phi) is 2.46. The Morgan fingerprint density at radius 1 is 1.64 bits per heavy atom. The number of thiol groups is 1. The Morgan fingerprint density at radius 2 is 2.55 bits per heavy atom. The van der Waals surface area contributed by atoms with Gasteiger partial charge < -0.3 is 0 Å². The highest BCUT2D eigenvalue weighted by atomic mass is 127. The first kappa shape index (κ1) is 7.98. The maximum atomic E-state index is 4.55. The molecule has 11 heavy (non-hydrogen) atoms. The number of allylic oxidation sites excluding steroid dienone is 1. The zero-order chi connectivity index (χ0) is 7.68. The molecule has 60 valence electrons. The molecule has 2 aliphatic rings. The van der Waals surface area contributed by atoms with Gasteiger partial charge in [-0.3, -0.25) is 0 Å². The molecule has 0 aromatic rings. The maximum Gasteiger partial charge on any atom is 0.0365 e. The molecular formula is C8H10INS. The quantitative estimate of drug-likeness (QED) is 0.517. The van der Waals surface area contributed by atoms with E-state index in [0.717, 1.165) is 0 Å². The Balaban J connectivity index is 2.37. The van der Waals surface area contributed by atoms with Gasteiger partial charge in [-0.25, -0.2) is 3.21 Å². The van der Waals surface area contributed by atoms with Gasteiger partial charge in [0.1, 0.15) is 0 Å². The lowest BCUT2D eigenvalue weighted by Gasteiger charge is -2.21. The molecule has 1 heterocycles. The van der Waals surface area contributed by atoms with Gasteiger partial charge in [-0.1, -0.05) is 0 Å². The van der Waals surface area contributed by atoms with E-state index in [4.69, 9.17) is 0 Å². The van der Waals surface area contributed by atoms with E-state index < -0.39 is 0 Å². The molecule has 1 aliphatic carbocycles. The van der Waals surface area contributed by atoms with Crippen LogP contribution in [0.3, 0.4) is 0 Å². The van der Waals surface area contributed by atoms with Crippen molar-refractivity contribution in [2.24, 2.45) is 3.21 Å². The van der Waals surface area contributed by atoms with Gasteiger partial charge in [-0.05, 0) is 34.4 Å². The molecule has 3 heteroatoms. The van der Waals surface area contributed by atoms with Crippen LogP contribution in [0.4, 0.5) is 0 Å². The van der Waals surface area contributed by atoms with Crippen LogP contribution in [0.2, 0.25) is 0 Å². The summed E-state index contributed by atoms with van der Waals surface area (Å²) < 4.78 is 6.66. The van der Waals surface area contributed by atoms with Crippen molar-refractivity contribution < 1.29 is 0 Å². The second-order valence-electron chi connectivity index (χ2n) is 2.82. The monoisotopic (exact) mass is 279 g/mol. The lowest BCUT2D eigenvalue weighted by molar-refractivity contribution is 0.722. The van der Waals surface area contributed by atoms with E-state index in [1.165, 1.54) is 30.4 Å². The molecule has 0 saturated carbocycles. The summed E-state index contributed by atoms with van der Waals surface area (Å²) in [6, 6.07) is 0. The van der Waals surface area contributed by atoms with E-state index in [2.05, 4.69) is 26.1 Å². The molecule has 0 radical (unpaired) electrons. The normalized spacial score (nSPS) is 29.7. The fourth-order valence-corrected chi connectivity index (χ4v) is 3.95. The summed E-state index contributed by atoms with van der Waals surface area (Å²) in [7, 11) is 0. The molecule has 0 amide bonds. The SMILES string of the molecule is SC1CCCC2=C1C=IN=C2. The van der Waals surface area contributed by atoms with Crippen LogP contribution in [-0.4, -0.2) is 15.5 Å². The second kappa shape index (κ2) is 3.39. The number of hydrogen-bond donors (Lipinski definition) is 1. The standard InChI is InChI=1S/C8H10INS/c11-8-3-1-2-6-5-10-9-4-7(6)8/h4-5,8,11H,1-3H2. The molecule has 2 rings (SSSR count). The van der Waals surface area contributed by atoms with Crippen LogP contribution in [0.25, 0.3) is 0 Å². The lowest BCUT2D eigenvalue weighted by atomic mass is 9.93. The third-order valence-electron chi connectivity index (χ3n) is 2.08. The van der Waals surface area contributed by atoms with Gasteiger partial charge in [0.05, 0.1) is 0 Å². The first-order chi connectivity index (χ1) is 5.38. The highest BCUT2D eigenvalue weighted by Crippen LogP contribution is 2.30. The van der Waals surface area contributed by atoms with Crippen molar-refractivity contribution in [2.75, 3.05) is 0 Å². The maximum absolute atomic E-state index is 4.55. The number of rotatable bonds is 0. The minimum absolute atomic E-state index is 0.0208. The van der Waals surface area contributed by atoms with Crippen molar-refractivity contribution in [3.63, 3.8) is 0 Å². The fraction of sp³-hybridized carbons (Fsp3) is 0.500. The van der Waals surface area contributed by atoms with Crippen LogP contribution in [0, 0.1) is 0 Å². The van der Waals surface area contributed by atoms with E-state index >= 15 is 0 Å². The molecule has 1 aliphatic heterocycles. The number of nitrogens with zero attached hydrogens (tertiary/aromatic N) is 1. The Morgan fingerprint density at radius 3 is 3.36 bits per heavy atom. The van der Waals surface area contributed by atoms with Gasteiger partial charge in [0.15, 0.2) is 0 Å². The fourth-order valence-electron chi connectivity index (χ4n) is 1.45. The van der Waals surface area contributed by atoms with Crippen molar-refractivity contribution in [1.29, 1.82) is 0 Å². The van der Waals surface area contributed by atoms with E-state index in [-0.39, 0.29) is 21.0 Å². The summed E-state index contributed by atoms with van der Waals surface area (Å²) >= 11 is 4.53. The highest BCUT2D eigenvalue weighted by molar-refractivity contribution is 14.2.